The van der Waals surface area contributed by atoms with Gasteiger partial charge in [0.25, 0.3) is 0 Å². The van der Waals surface area contributed by atoms with E-state index in [0.717, 1.165) is 16.6 Å². The second-order valence-electron chi connectivity index (χ2n) is 5.05. The molecule has 0 spiro atoms. The van der Waals surface area contributed by atoms with Gasteiger partial charge in [0.05, 0.1) is 4.47 Å². The summed E-state index contributed by atoms with van der Waals surface area (Å²) in [5.74, 6) is 0.387. The highest BCUT2D eigenvalue weighted by Gasteiger charge is 2.25. The summed E-state index contributed by atoms with van der Waals surface area (Å²) in [7, 11) is 0. The van der Waals surface area contributed by atoms with Crippen LogP contribution < -0.4 is 0 Å². The fourth-order valence-corrected chi connectivity index (χ4v) is 3.08. The molecule has 1 saturated heterocycles. The van der Waals surface area contributed by atoms with Gasteiger partial charge in [-0.2, -0.15) is 0 Å². The van der Waals surface area contributed by atoms with Crippen molar-refractivity contribution in [1.29, 1.82) is 0 Å². The number of piperidine rings is 1. The topological polar surface area (TPSA) is 23.5 Å². The molecule has 1 aliphatic heterocycles. The Morgan fingerprint density at radius 3 is 2.59 bits per heavy atom. The number of likely N-dealkylation sites (tertiary alicyclic amines) is 1. The van der Waals surface area contributed by atoms with Crippen LogP contribution in [0.5, 0.6) is 5.75 Å². The predicted octanol–water partition coefficient (Wildman–Crippen LogP) is 3.92. The molecule has 2 atom stereocenters. The van der Waals surface area contributed by atoms with Gasteiger partial charge < -0.3 is 5.11 Å². The fraction of sp³-hybridized carbons (Fsp3) is 0.571. The van der Waals surface area contributed by atoms with Crippen LogP contribution in [0.25, 0.3) is 0 Å². The zero-order valence-electron chi connectivity index (χ0n) is 10.5. The van der Waals surface area contributed by atoms with Crippen LogP contribution in [0.2, 0.25) is 0 Å². The van der Waals surface area contributed by atoms with E-state index in [0.29, 0.717) is 17.8 Å². The Labute approximate surface area is 112 Å². The number of halogens is 1. The average molecular weight is 298 g/mol. The summed E-state index contributed by atoms with van der Waals surface area (Å²) >= 11 is 3.37. The van der Waals surface area contributed by atoms with E-state index < -0.39 is 0 Å². The molecule has 0 aliphatic carbocycles. The normalized spacial score (nSPS) is 26.1. The SMILES string of the molecule is CC1CCCC(C)N1Cc1cccc(Br)c1O. The minimum Gasteiger partial charge on any atom is -0.506 e. The summed E-state index contributed by atoms with van der Waals surface area (Å²) in [5, 5.41) is 10.0. The summed E-state index contributed by atoms with van der Waals surface area (Å²) in [6.45, 7) is 5.41. The summed E-state index contributed by atoms with van der Waals surface area (Å²) < 4.78 is 0.785. The number of phenolic OH excluding ortho intramolecular Hbond substituents is 1. The zero-order valence-corrected chi connectivity index (χ0v) is 12.1. The Morgan fingerprint density at radius 2 is 1.94 bits per heavy atom. The number of rotatable bonds is 2. The number of hydrogen-bond donors (Lipinski definition) is 1. The molecule has 1 aromatic rings. The van der Waals surface area contributed by atoms with Crippen molar-refractivity contribution >= 4 is 15.9 Å². The van der Waals surface area contributed by atoms with Crippen LogP contribution in [0.1, 0.15) is 38.7 Å². The van der Waals surface area contributed by atoms with Gasteiger partial charge in [0, 0.05) is 24.2 Å². The molecule has 3 heteroatoms. The first-order valence-electron chi connectivity index (χ1n) is 6.31. The van der Waals surface area contributed by atoms with Crippen molar-refractivity contribution in [2.45, 2.75) is 51.7 Å². The molecule has 1 heterocycles. The van der Waals surface area contributed by atoms with Gasteiger partial charge >= 0.3 is 0 Å². The summed E-state index contributed by atoms with van der Waals surface area (Å²) in [4.78, 5) is 2.49. The molecular weight excluding hydrogens is 278 g/mol. The lowest BCUT2D eigenvalue weighted by atomic mass is 9.96. The van der Waals surface area contributed by atoms with Crippen LogP contribution in [-0.2, 0) is 6.54 Å². The largest absolute Gasteiger partial charge is 0.506 e. The number of hydrogen-bond acceptors (Lipinski definition) is 2. The van der Waals surface area contributed by atoms with Crippen LogP contribution in [0.15, 0.2) is 22.7 Å². The van der Waals surface area contributed by atoms with Crippen LogP contribution in [0, 0.1) is 0 Å². The fourth-order valence-electron chi connectivity index (χ4n) is 2.67. The average Bonchev–Trinajstić information content (AvgIpc) is 2.29. The molecule has 2 nitrogen and oxygen atoms in total. The molecule has 94 valence electrons. The van der Waals surface area contributed by atoms with E-state index in [-0.39, 0.29) is 0 Å². The summed E-state index contributed by atoms with van der Waals surface area (Å²) in [5.41, 5.74) is 1.01. The molecule has 17 heavy (non-hydrogen) atoms. The number of para-hydroxylation sites is 1. The van der Waals surface area contributed by atoms with Crippen molar-refractivity contribution in [2.75, 3.05) is 0 Å². The van der Waals surface area contributed by atoms with E-state index in [1.165, 1.54) is 19.3 Å². The number of aromatic hydroxyl groups is 1. The van der Waals surface area contributed by atoms with Gasteiger partial charge in [0.15, 0.2) is 0 Å². The molecule has 1 N–H and O–H groups in total. The molecule has 2 rings (SSSR count). The van der Waals surface area contributed by atoms with Crippen molar-refractivity contribution < 1.29 is 5.11 Å². The first kappa shape index (κ1) is 12.9. The standard InChI is InChI=1S/C14H20BrNO/c1-10-5-3-6-11(2)16(10)9-12-7-4-8-13(15)14(12)17/h4,7-8,10-11,17H,3,5-6,9H2,1-2H3. The third-order valence-electron chi connectivity index (χ3n) is 3.80. The molecule has 0 aromatic heterocycles. The maximum atomic E-state index is 10.0. The van der Waals surface area contributed by atoms with Gasteiger partial charge in [-0.25, -0.2) is 0 Å². The van der Waals surface area contributed by atoms with E-state index in [4.69, 9.17) is 0 Å². The molecule has 1 aliphatic rings. The van der Waals surface area contributed by atoms with E-state index >= 15 is 0 Å². The molecular formula is C14H20BrNO. The van der Waals surface area contributed by atoms with Gasteiger partial charge in [-0.1, -0.05) is 18.6 Å². The second-order valence-corrected chi connectivity index (χ2v) is 5.90. The highest BCUT2D eigenvalue weighted by molar-refractivity contribution is 9.10. The van der Waals surface area contributed by atoms with Crippen molar-refractivity contribution in [3.8, 4) is 5.75 Å². The molecule has 0 saturated carbocycles. The van der Waals surface area contributed by atoms with E-state index in [2.05, 4.69) is 34.7 Å². The van der Waals surface area contributed by atoms with Crippen LogP contribution in [0.3, 0.4) is 0 Å². The third kappa shape index (κ3) is 2.83. The maximum absolute atomic E-state index is 10.0. The van der Waals surface area contributed by atoms with E-state index in [1.807, 2.05) is 18.2 Å². The third-order valence-corrected chi connectivity index (χ3v) is 4.44. The lowest BCUT2D eigenvalue weighted by Gasteiger charge is -2.39. The predicted molar refractivity (Wildman–Crippen MR) is 74.1 cm³/mol. The monoisotopic (exact) mass is 297 g/mol. The molecule has 1 fully saturated rings. The molecule has 1 aromatic carbocycles. The van der Waals surface area contributed by atoms with E-state index in [1.54, 1.807) is 0 Å². The van der Waals surface area contributed by atoms with Gasteiger partial charge in [-0.15, -0.1) is 0 Å². The lowest BCUT2D eigenvalue weighted by molar-refractivity contribution is 0.0943. The van der Waals surface area contributed by atoms with Crippen LogP contribution in [-0.4, -0.2) is 22.1 Å². The first-order valence-corrected chi connectivity index (χ1v) is 7.11. The number of nitrogens with zero attached hydrogens (tertiary/aromatic N) is 1. The maximum Gasteiger partial charge on any atom is 0.134 e. The van der Waals surface area contributed by atoms with Crippen LogP contribution >= 0.6 is 15.9 Å². The Morgan fingerprint density at radius 1 is 1.29 bits per heavy atom. The Bertz CT molecular complexity index is 384. The Balaban J connectivity index is 2.16. The van der Waals surface area contributed by atoms with Crippen LogP contribution in [0.4, 0.5) is 0 Å². The zero-order chi connectivity index (χ0) is 12.4. The highest BCUT2D eigenvalue weighted by atomic mass is 79.9. The van der Waals surface area contributed by atoms with Gasteiger partial charge in [-0.05, 0) is 48.7 Å². The van der Waals surface area contributed by atoms with Crippen molar-refractivity contribution in [3.05, 3.63) is 28.2 Å². The molecule has 0 bridgehead atoms. The smallest absolute Gasteiger partial charge is 0.134 e. The quantitative estimate of drug-likeness (QED) is 0.894. The number of phenols is 1. The molecule has 0 amide bonds. The van der Waals surface area contributed by atoms with Crippen molar-refractivity contribution in [1.82, 2.24) is 4.90 Å². The summed E-state index contributed by atoms with van der Waals surface area (Å²) in [6, 6.07) is 7.09. The minimum atomic E-state index is 0.387. The van der Waals surface area contributed by atoms with E-state index in [9.17, 15) is 5.11 Å². The molecule has 0 radical (unpaired) electrons. The van der Waals surface area contributed by atoms with Gasteiger partial charge in [0.2, 0.25) is 0 Å². The first-order chi connectivity index (χ1) is 8.09. The Hall–Kier alpha value is -0.540. The summed E-state index contributed by atoms with van der Waals surface area (Å²) in [6.07, 6.45) is 3.85. The molecule has 2 unspecified atom stereocenters. The van der Waals surface area contributed by atoms with Crippen molar-refractivity contribution in [3.63, 3.8) is 0 Å². The van der Waals surface area contributed by atoms with Crippen molar-refractivity contribution in [2.24, 2.45) is 0 Å². The minimum absolute atomic E-state index is 0.387. The Kier molecular flexibility index (Phi) is 4.10. The second kappa shape index (κ2) is 5.40. The highest BCUT2D eigenvalue weighted by Crippen LogP contribution is 2.31. The van der Waals surface area contributed by atoms with Gasteiger partial charge in [-0.3, -0.25) is 4.90 Å². The lowest BCUT2D eigenvalue weighted by Crippen LogP contribution is -2.42. The van der Waals surface area contributed by atoms with Gasteiger partial charge in [0.1, 0.15) is 5.75 Å². The number of benzene rings is 1.